The highest BCUT2D eigenvalue weighted by Gasteiger charge is 2.06. The minimum absolute atomic E-state index is 0. The number of hydrogen-bond donors (Lipinski definition) is 0. The molecule has 2 aromatic heterocycles. The van der Waals surface area contributed by atoms with E-state index in [0.717, 1.165) is 23.1 Å². The van der Waals surface area contributed by atoms with E-state index >= 15 is 0 Å². The highest BCUT2D eigenvalue weighted by molar-refractivity contribution is 5.81. The zero-order valence-corrected chi connectivity index (χ0v) is 18.0. The van der Waals surface area contributed by atoms with E-state index in [1.54, 1.807) is 6.07 Å². The smallest absolute Gasteiger partial charge is 0.336 e. The molecule has 4 aromatic rings. The van der Waals surface area contributed by atoms with Gasteiger partial charge in [-0.25, -0.2) is 9.36 Å². The maximum atomic E-state index is 11.6. The Kier molecular flexibility index (Phi) is 6.49. The minimum atomic E-state index is -0.344. The van der Waals surface area contributed by atoms with Gasteiger partial charge in [0, 0.05) is 40.8 Å². The number of pyridine rings is 1. The SMILES string of the molecule is Cc1cccc(C[n+]2ccc(COc3ccc4c(C)cc(=O)oc4c3)cc2)c1.[Br-]. The fraction of sp³-hybridized carbons (Fsp3) is 0.167. The van der Waals surface area contributed by atoms with E-state index in [9.17, 15) is 4.79 Å². The van der Waals surface area contributed by atoms with E-state index in [1.165, 1.54) is 17.2 Å². The van der Waals surface area contributed by atoms with Crippen LogP contribution in [0.1, 0.15) is 22.3 Å². The zero-order chi connectivity index (χ0) is 19.5. The predicted molar refractivity (Wildman–Crippen MR) is 108 cm³/mol. The van der Waals surface area contributed by atoms with E-state index < -0.39 is 0 Å². The molecule has 148 valence electrons. The number of aromatic nitrogens is 1. The monoisotopic (exact) mass is 451 g/mol. The highest BCUT2D eigenvalue weighted by Crippen LogP contribution is 2.22. The number of hydrogen-bond acceptors (Lipinski definition) is 3. The van der Waals surface area contributed by atoms with E-state index in [4.69, 9.17) is 9.15 Å². The third-order valence-electron chi connectivity index (χ3n) is 4.74. The summed E-state index contributed by atoms with van der Waals surface area (Å²) in [5, 5.41) is 0.920. The average Bonchev–Trinajstić information content (AvgIpc) is 2.67. The molecule has 0 amide bonds. The third kappa shape index (κ3) is 5.12. The molecular weight excluding hydrogens is 430 g/mol. The summed E-state index contributed by atoms with van der Waals surface area (Å²) in [6, 6.07) is 19.7. The van der Waals surface area contributed by atoms with Crippen LogP contribution in [0, 0.1) is 13.8 Å². The van der Waals surface area contributed by atoms with Crippen LogP contribution in [0.25, 0.3) is 11.0 Å². The topological polar surface area (TPSA) is 43.3 Å². The van der Waals surface area contributed by atoms with Crippen molar-refractivity contribution in [3.63, 3.8) is 0 Å². The second-order valence-corrected chi connectivity index (χ2v) is 7.06. The van der Waals surface area contributed by atoms with Gasteiger partial charge in [0.15, 0.2) is 18.9 Å². The molecular formula is C24H22BrNO3. The van der Waals surface area contributed by atoms with Crippen molar-refractivity contribution in [3.8, 4) is 5.75 Å². The van der Waals surface area contributed by atoms with Crippen LogP contribution >= 0.6 is 0 Å². The van der Waals surface area contributed by atoms with Gasteiger partial charge in [0.25, 0.3) is 0 Å². The Morgan fingerprint density at radius 2 is 1.72 bits per heavy atom. The molecule has 2 aromatic carbocycles. The van der Waals surface area contributed by atoms with Gasteiger partial charge in [0.05, 0.1) is 0 Å². The van der Waals surface area contributed by atoms with Crippen LogP contribution in [0.5, 0.6) is 5.75 Å². The average molecular weight is 452 g/mol. The molecule has 0 spiro atoms. The Morgan fingerprint density at radius 3 is 2.48 bits per heavy atom. The van der Waals surface area contributed by atoms with Crippen LogP contribution in [0.3, 0.4) is 0 Å². The summed E-state index contributed by atoms with van der Waals surface area (Å²) in [6.45, 7) is 5.29. The molecule has 0 bridgehead atoms. The standard InChI is InChI=1S/C24H22NO3.BrH/c1-17-4-3-5-20(12-17)15-25-10-8-19(9-11-25)16-27-21-6-7-22-18(2)13-24(26)28-23(22)14-21;/h3-14H,15-16H2,1-2H3;1H/q+1;/p-1. The molecule has 4 nitrogen and oxygen atoms in total. The lowest BCUT2D eigenvalue weighted by atomic mass is 10.1. The summed E-state index contributed by atoms with van der Waals surface area (Å²) in [7, 11) is 0. The number of aryl methyl sites for hydroxylation is 2. The number of rotatable bonds is 5. The summed E-state index contributed by atoms with van der Waals surface area (Å²) in [4.78, 5) is 11.6. The van der Waals surface area contributed by atoms with Gasteiger partial charge in [-0.1, -0.05) is 23.8 Å². The van der Waals surface area contributed by atoms with Crippen molar-refractivity contribution in [3.05, 3.63) is 106 Å². The summed E-state index contributed by atoms with van der Waals surface area (Å²) < 4.78 is 13.3. The van der Waals surface area contributed by atoms with Gasteiger partial charge in [-0.05, 0) is 37.6 Å². The number of benzene rings is 2. The van der Waals surface area contributed by atoms with Gasteiger partial charge in [0.1, 0.15) is 17.9 Å². The van der Waals surface area contributed by atoms with Crippen LogP contribution in [0.15, 0.2) is 82.3 Å². The van der Waals surface area contributed by atoms with E-state index in [2.05, 4.69) is 60.3 Å². The first-order valence-electron chi connectivity index (χ1n) is 9.28. The Morgan fingerprint density at radius 1 is 0.931 bits per heavy atom. The molecule has 0 fully saturated rings. The number of nitrogens with zero attached hydrogens (tertiary/aromatic N) is 1. The van der Waals surface area contributed by atoms with Crippen molar-refractivity contribution in [1.82, 2.24) is 0 Å². The van der Waals surface area contributed by atoms with Crippen molar-refractivity contribution >= 4 is 11.0 Å². The second-order valence-electron chi connectivity index (χ2n) is 7.06. The van der Waals surface area contributed by atoms with Crippen molar-refractivity contribution in [2.45, 2.75) is 27.0 Å². The maximum Gasteiger partial charge on any atom is 0.336 e. The normalized spacial score (nSPS) is 10.6. The Balaban J connectivity index is 0.00000240. The largest absolute Gasteiger partial charge is 1.00 e. The van der Waals surface area contributed by atoms with Crippen LogP contribution in [-0.2, 0) is 13.2 Å². The molecule has 0 saturated heterocycles. The Bertz CT molecular complexity index is 1180. The fourth-order valence-corrected chi connectivity index (χ4v) is 3.27. The lowest BCUT2D eigenvalue weighted by molar-refractivity contribution is -0.688. The van der Waals surface area contributed by atoms with Gasteiger partial charge >= 0.3 is 5.63 Å². The maximum absolute atomic E-state index is 11.6. The lowest BCUT2D eigenvalue weighted by Crippen LogP contribution is -3.00. The first-order chi connectivity index (χ1) is 13.6. The second kappa shape index (κ2) is 9.05. The number of ether oxygens (including phenoxy) is 1. The van der Waals surface area contributed by atoms with E-state index in [1.807, 2.05) is 19.1 Å². The molecule has 0 unspecified atom stereocenters. The molecule has 0 radical (unpaired) electrons. The van der Waals surface area contributed by atoms with E-state index in [-0.39, 0.29) is 22.6 Å². The quantitative estimate of drug-likeness (QED) is 0.339. The van der Waals surface area contributed by atoms with Gasteiger partial charge in [-0.3, -0.25) is 0 Å². The lowest BCUT2D eigenvalue weighted by Gasteiger charge is -2.07. The van der Waals surface area contributed by atoms with Crippen LogP contribution in [0.2, 0.25) is 0 Å². The first kappa shape index (κ1) is 20.8. The summed E-state index contributed by atoms with van der Waals surface area (Å²) in [5.41, 5.74) is 4.73. The van der Waals surface area contributed by atoms with Gasteiger partial charge < -0.3 is 26.1 Å². The summed E-state index contributed by atoms with van der Waals surface area (Å²) >= 11 is 0. The predicted octanol–water partition coefficient (Wildman–Crippen LogP) is 1.33. The van der Waals surface area contributed by atoms with Gasteiger partial charge in [-0.15, -0.1) is 0 Å². The third-order valence-corrected chi connectivity index (χ3v) is 4.74. The minimum Gasteiger partial charge on any atom is -1.00 e. The summed E-state index contributed by atoms with van der Waals surface area (Å²) in [5.74, 6) is 0.678. The highest BCUT2D eigenvalue weighted by atomic mass is 79.9. The molecule has 5 heteroatoms. The molecule has 0 aliphatic carbocycles. The summed E-state index contributed by atoms with van der Waals surface area (Å²) in [6.07, 6.45) is 4.12. The molecule has 29 heavy (non-hydrogen) atoms. The Labute approximate surface area is 180 Å². The molecule has 0 atom stereocenters. The van der Waals surface area contributed by atoms with Gasteiger partial charge in [0.2, 0.25) is 0 Å². The molecule has 0 N–H and O–H groups in total. The van der Waals surface area contributed by atoms with Gasteiger partial charge in [-0.2, -0.15) is 0 Å². The van der Waals surface area contributed by atoms with Crippen LogP contribution < -0.4 is 31.9 Å². The van der Waals surface area contributed by atoms with Crippen LogP contribution in [0.4, 0.5) is 0 Å². The van der Waals surface area contributed by atoms with Crippen molar-refractivity contribution in [2.24, 2.45) is 0 Å². The van der Waals surface area contributed by atoms with E-state index in [0.29, 0.717) is 17.9 Å². The van der Waals surface area contributed by atoms with Crippen molar-refractivity contribution in [1.29, 1.82) is 0 Å². The van der Waals surface area contributed by atoms with Crippen molar-refractivity contribution in [2.75, 3.05) is 0 Å². The van der Waals surface area contributed by atoms with Crippen molar-refractivity contribution < 1.29 is 30.7 Å². The number of halogens is 1. The Hall–Kier alpha value is -2.92. The molecule has 0 aliphatic heterocycles. The molecule has 2 heterocycles. The first-order valence-corrected chi connectivity index (χ1v) is 9.28. The number of fused-ring (bicyclic) bond motifs is 1. The molecule has 0 aliphatic rings. The molecule has 0 saturated carbocycles. The fourth-order valence-electron chi connectivity index (χ4n) is 3.27. The van der Waals surface area contributed by atoms with Crippen LogP contribution in [-0.4, -0.2) is 0 Å². The zero-order valence-electron chi connectivity index (χ0n) is 16.4. The molecule has 4 rings (SSSR count).